The molecule has 0 amide bonds. The van der Waals surface area contributed by atoms with Crippen LogP contribution in [0.2, 0.25) is 5.15 Å². The first-order valence-corrected chi connectivity index (χ1v) is 5.43. The smallest absolute Gasteiger partial charge is 0.148 e. The highest BCUT2D eigenvalue weighted by Gasteiger charge is 2.13. The van der Waals surface area contributed by atoms with Gasteiger partial charge in [0.05, 0.1) is 24.3 Å². The second kappa shape index (κ2) is 3.72. The summed E-state index contributed by atoms with van der Waals surface area (Å²) in [5.74, 6) is 1.05. The molecule has 3 rings (SSSR count). The molecule has 0 N–H and O–H groups in total. The molecule has 4 nitrogen and oxygen atoms in total. The molecule has 0 bridgehead atoms. The van der Waals surface area contributed by atoms with Crippen molar-refractivity contribution in [1.29, 1.82) is 0 Å². The topological polar surface area (TPSA) is 43.6 Å². The molecule has 0 aromatic carbocycles. The van der Waals surface area contributed by atoms with E-state index in [-0.39, 0.29) is 0 Å². The monoisotopic (exact) mass is 232 g/mol. The van der Waals surface area contributed by atoms with Gasteiger partial charge in [-0.25, -0.2) is 9.97 Å². The molecular formula is C11H9ClN4. The summed E-state index contributed by atoms with van der Waals surface area (Å²) in [6.45, 7) is 0. The zero-order valence-corrected chi connectivity index (χ0v) is 9.22. The predicted octanol–water partition coefficient (Wildman–Crippen LogP) is 2.41. The lowest BCUT2D eigenvalue weighted by atomic mass is 10.2. The van der Waals surface area contributed by atoms with Crippen molar-refractivity contribution in [3.8, 4) is 11.4 Å². The van der Waals surface area contributed by atoms with Gasteiger partial charge in [-0.3, -0.25) is 4.98 Å². The van der Waals surface area contributed by atoms with Crippen LogP contribution in [0.1, 0.15) is 12.2 Å². The van der Waals surface area contributed by atoms with Gasteiger partial charge in [0.25, 0.3) is 0 Å². The molecular weight excluding hydrogens is 224 g/mol. The van der Waals surface area contributed by atoms with E-state index in [0.717, 1.165) is 30.1 Å². The Labute approximate surface area is 97.6 Å². The van der Waals surface area contributed by atoms with Crippen molar-refractivity contribution < 1.29 is 0 Å². The van der Waals surface area contributed by atoms with Crippen LogP contribution < -0.4 is 0 Å². The first kappa shape index (κ1) is 9.54. The van der Waals surface area contributed by atoms with Crippen LogP contribution in [0.5, 0.6) is 0 Å². The van der Waals surface area contributed by atoms with E-state index < -0.39 is 0 Å². The van der Waals surface area contributed by atoms with Gasteiger partial charge < -0.3 is 4.57 Å². The molecule has 0 radical (unpaired) electrons. The van der Waals surface area contributed by atoms with Crippen molar-refractivity contribution in [1.82, 2.24) is 19.5 Å². The Hall–Kier alpha value is -1.68. The Bertz CT molecular complexity index is 559. The zero-order valence-electron chi connectivity index (χ0n) is 8.47. The van der Waals surface area contributed by atoms with Crippen molar-refractivity contribution in [2.24, 2.45) is 0 Å². The number of rotatable bonds is 1. The summed E-state index contributed by atoms with van der Waals surface area (Å²) in [7, 11) is 0. The van der Waals surface area contributed by atoms with Gasteiger partial charge in [-0.2, -0.15) is 0 Å². The van der Waals surface area contributed by atoms with E-state index >= 15 is 0 Å². The number of imidazole rings is 1. The van der Waals surface area contributed by atoms with Gasteiger partial charge in [0, 0.05) is 12.6 Å². The van der Waals surface area contributed by atoms with Crippen LogP contribution in [0.15, 0.2) is 24.7 Å². The van der Waals surface area contributed by atoms with Gasteiger partial charge >= 0.3 is 0 Å². The summed E-state index contributed by atoms with van der Waals surface area (Å²) in [5.41, 5.74) is 1.68. The van der Waals surface area contributed by atoms with E-state index in [2.05, 4.69) is 21.0 Å². The molecule has 2 aromatic heterocycles. The summed E-state index contributed by atoms with van der Waals surface area (Å²) in [5, 5.41) is 0.396. The molecule has 1 aliphatic heterocycles. The summed E-state index contributed by atoms with van der Waals surface area (Å²) < 4.78 is 2.03. The van der Waals surface area contributed by atoms with Gasteiger partial charge in [0.1, 0.15) is 16.7 Å². The molecule has 5 heteroatoms. The lowest BCUT2D eigenvalue weighted by Crippen LogP contribution is -2.02. The number of hydrogen-bond acceptors (Lipinski definition) is 3. The summed E-state index contributed by atoms with van der Waals surface area (Å²) in [4.78, 5) is 12.6. The molecule has 0 atom stereocenters. The van der Waals surface area contributed by atoms with Crippen LogP contribution in [-0.2, 0) is 6.42 Å². The van der Waals surface area contributed by atoms with Crippen LogP contribution in [-0.4, -0.2) is 19.5 Å². The van der Waals surface area contributed by atoms with Crippen molar-refractivity contribution in [3.63, 3.8) is 0 Å². The Morgan fingerprint density at radius 2 is 2.19 bits per heavy atom. The fraction of sp³-hybridized carbons (Fsp3) is 0.182. The molecule has 0 saturated carbocycles. The number of nitrogens with zero attached hydrogens (tertiary/aromatic N) is 4. The minimum Gasteiger partial charge on any atom is -0.302 e. The van der Waals surface area contributed by atoms with Gasteiger partial charge in [-0.1, -0.05) is 17.7 Å². The van der Waals surface area contributed by atoms with E-state index in [4.69, 9.17) is 11.6 Å². The van der Waals surface area contributed by atoms with E-state index in [1.54, 1.807) is 6.20 Å². The first-order chi connectivity index (χ1) is 7.84. The average molecular weight is 233 g/mol. The first-order valence-electron chi connectivity index (χ1n) is 5.05. The molecule has 0 unspecified atom stereocenters. The van der Waals surface area contributed by atoms with Crippen LogP contribution in [0, 0.1) is 0 Å². The number of hydrogen-bond donors (Lipinski definition) is 0. The fourth-order valence-corrected chi connectivity index (χ4v) is 1.95. The molecule has 2 aromatic rings. The lowest BCUT2D eigenvalue weighted by molar-refractivity contribution is 0.839. The molecule has 3 heterocycles. The van der Waals surface area contributed by atoms with Crippen LogP contribution in [0.4, 0.5) is 0 Å². The third-order valence-corrected chi connectivity index (χ3v) is 2.71. The molecule has 80 valence electrons. The molecule has 0 fully saturated rings. The third kappa shape index (κ3) is 1.51. The second-order valence-electron chi connectivity index (χ2n) is 3.58. The van der Waals surface area contributed by atoms with Crippen molar-refractivity contribution in [2.75, 3.05) is 0 Å². The van der Waals surface area contributed by atoms with Gasteiger partial charge in [0.15, 0.2) is 0 Å². The van der Waals surface area contributed by atoms with Crippen LogP contribution in [0.3, 0.4) is 0 Å². The zero-order chi connectivity index (χ0) is 11.0. The molecule has 0 saturated heterocycles. The minimum atomic E-state index is 0.396. The largest absolute Gasteiger partial charge is 0.302 e. The van der Waals surface area contributed by atoms with Crippen molar-refractivity contribution in [3.05, 3.63) is 35.6 Å². The highest BCUT2D eigenvalue weighted by molar-refractivity contribution is 6.29. The van der Waals surface area contributed by atoms with Crippen LogP contribution >= 0.6 is 11.6 Å². The maximum absolute atomic E-state index is 5.82. The number of fused-ring (bicyclic) bond motifs is 1. The molecule has 1 aliphatic rings. The lowest BCUT2D eigenvalue weighted by Gasteiger charge is -2.09. The Morgan fingerprint density at radius 3 is 3.06 bits per heavy atom. The minimum absolute atomic E-state index is 0.396. The maximum atomic E-state index is 5.82. The Kier molecular flexibility index (Phi) is 2.22. The number of halogens is 1. The second-order valence-corrected chi connectivity index (χ2v) is 3.97. The van der Waals surface area contributed by atoms with E-state index in [0.29, 0.717) is 5.15 Å². The third-order valence-electron chi connectivity index (χ3n) is 2.53. The summed E-state index contributed by atoms with van der Waals surface area (Å²) >= 11 is 5.82. The number of allylic oxidation sites excluding steroid dienone is 1. The van der Waals surface area contributed by atoms with Crippen LogP contribution in [0.25, 0.3) is 17.6 Å². The van der Waals surface area contributed by atoms with E-state index in [1.807, 2.05) is 17.0 Å². The SMILES string of the molecule is Clc1cncc(-c2cnc3n2C=CCC3)n1. The average Bonchev–Trinajstić information content (AvgIpc) is 2.72. The van der Waals surface area contributed by atoms with Crippen molar-refractivity contribution in [2.45, 2.75) is 12.8 Å². The maximum Gasteiger partial charge on any atom is 0.148 e. The highest BCUT2D eigenvalue weighted by atomic mass is 35.5. The highest BCUT2D eigenvalue weighted by Crippen LogP contribution is 2.22. The number of aromatic nitrogens is 4. The number of aryl methyl sites for hydroxylation is 1. The molecule has 0 aliphatic carbocycles. The summed E-state index contributed by atoms with van der Waals surface area (Å²) in [6, 6.07) is 0. The van der Waals surface area contributed by atoms with E-state index in [9.17, 15) is 0 Å². The molecule has 16 heavy (non-hydrogen) atoms. The van der Waals surface area contributed by atoms with Gasteiger partial charge in [-0.15, -0.1) is 0 Å². The Morgan fingerprint density at radius 1 is 1.25 bits per heavy atom. The van der Waals surface area contributed by atoms with Crippen molar-refractivity contribution >= 4 is 17.8 Å². The Balaban J connectivity index is 2.14. The molecule has 0 spiro atoms. The standard InChI is InChI=1S/C11H9ClN4/c12-10-7-13-5-8(15-10)9-6-14-11-3-1-2-4-16(9)11/h2,4-7H,1,3H2. The van der Waals surface area contributed by atoms with Gasteiger partial charge in [0.2, 0.25) is 0 Å². The fourth-order valence-electron chi connectivity index (χ4n) is 1.80. The quantitative estimate of drug-likeness (QED) is 0.759. The normalized spacial score (nSPS) is 13.8. The predicted molar refractivity (Wildman–Crippen MR) is 61.9 cm³/mol. The van der Waals surface area contributed by atoms with E-state index in [1.165, 1.54) is 6.20 Å². The van der Waals surface area contributed by atoms with Gasteiger partial charge in [-0.05, 0) is 6.42 Å². The summed E-state index contributed by atoms with van der Waals surface area (Å²) in [6.07, 6.45) is 11.2.